The highest BCUT2D eigenvalue weighted by atomic mass is 16.6. The number of fused-ring (bicyclic) bond motifs is 1. The molecule has 1 aliphatic heterocycles. The summed E-state index contributed by atoms with van der Waals surface area (Å²) in [6.07, 6.45) is -3.98. The first-order valence-corrected chi connectivity index (χ1v) is 5.55. The van der Waals surface area contributed by atoms with Gasteiger partial charge in [-0.25, -0.2) is 9.97 Å². The van der Waals surface area contributed by atoms with Crippen LogP contribution in [0.3, 0.4) is 0 Å². The molecule has 0 spiro atoms. The van der Waals surface area contributed by atoms with Crippen molar-refractivity contribution in [2.75, 3.05) is 6.61 Å². The van der Waals surface area contributed by atoms with Gasteiger partial charge in [0.05, 0.1) is 12.9 Å². The van der Waals surface area contributed by atoms with Gasteiger partial charge in [-0.15, -0.1) is 0 Å². The predicted octanol–water partition coefficient (Wildman–Crippen LogP) is -1.86. The van der Waals surface area contributed by atoms with Crippen molar-refractivity contribution in [2.45, 2.75) is 24.5 Å². The van der Waals surface area contributed by atoms with E-state index in [9.17, 15) is 15.3 Å². The number of imidazole rings is 1. The van der Waals surface area contributed by atoms with E-state index in [4.69, 9.17) is 11.2 Å². The van der Waals surface area contributed by atoms with Gasteiger partial charge in [0, 0.05) is 0 Å². The molecule has 3 heterocycles. The van der Waals surface area contributed by atoms with Gasteiger partial charge in [-0.05, 0) is 0 Å². The van der Waals surface area contributed by atoms with Crippen LogP contribution >= 0.6 is 0 Å². The van der Waals surface area contributed by atoms with E-state index in [1.54, 1.807) is 0 Å². The van der Waals surface area contributed by atoms with Crippen LogP contribution in [0.25, 0.3) is 11.2 Å². The number of hydrogen-bond acceptors (Lipinski definition) is 8. The maximum atomic E-state index is 9.96. The lowest BCUT2D eigenvalue weighted by Gasteiger charge is -2.16. The predicted molar refractivity (Wildman–Crippen MR) is 60.0 cm³/mol. The molecule has 19 heavy (non-hydrogen) atoms. The molecule has 0 unspecified atom stereocenters. The number of hydrogen-bond donors (Lipinski definition) is 4. The van der Waals surface area contributed by atoms with Gasteiger partial charge in [-0.3, -0.25) is 4.57 Å². The monoisotopic (exact) mass is 269 g/mol. The molecule has 1 aliphatic rings. The first kappa shape index (κ1) is 11.1. The molecule has 9 heteroatoms. The Bertz CT molecular complexity index is 650. The van der Waals surface area contributed by atoms with Crippen molar-refractivity contribution in [1.29, 1.82) is 0 Å². The molecule has 0 bridgehead atoms. The van der Waals surface area contributed by atoms with Crippen LogP contribution in [0.5, 0.6) is 5.88 Å². The average molecular weight is 269 g/mol. The first-order chi connectivity index (χ1) is 9.54. The third-order valence-electron chi connectivity index (χ3n) is 3.05. The number of aromatic hydroxyl groups is 1. The van der Waals surface area contributed by atoms with Gasteiger partial charge in [0.1, 0.15) is 26.0 Å². The van der Waals surface area contributed by atoms with Crippen molar-refractivity contribution in [3.63, 3.8) is 0 Å². The molecule has 0 saturated carbocycles. The van der Waals surface area contributed by atoms with Crippen molar-refractivity contribution < 1.29 is 26.5 Å². The van der Waals surface area contributed by atoms with Crippen LogP contribution in [0.2, 0.25) is 0 Å². The fraction of sp³-hybridized carbons (Fsp3) is 0.500. The lowest BCUT2D eigenvalue weighted by Crippen LogP contribution is -2.33. The minimum atomic E-state index is -1.36. The van der Waals surface area contributed by atoms with Crippen molar-refractivity contribution in [2.24, 2.45) is 0 Å². The van der Waals surface area contributed by atoms with Crippen molar-refractivity contribution in [1.82, 2.24) is 19.5 Å². The minimum absolute atomic E-state index is 0.00441. The van der Waals surface area contributed by atoms with E-state index >= 15 is 0 Å². The molecule has 0 radical (unpaired) electrons. The summed E-state index contributed by atoms with van der Waals surface area (Å²) < 4.78 is 14.2. The molecule has 4 atom stereocenters. The fourth-order valence-electron chi connectivity index (χ4n) is 2.06. The van der Waals surface area contributed by atoms with E-state index in [2.05, 4.69) is 15.0 Å². The quantitative estimate of drug-likeness (QED) is 0.499. The molecule has 0 amide bonds. The van der Waals surface area contributed by atoms with E-state index in [0.717, 1.165) is 10.9 Å². The highest BCUT2D eigenvalue weighted by Gasteiger charge is 2.43. The molecule has 1 saturated heterocycles. The second kappa shape index (κ2) is 4.38. The van der Waals surface area contributed by atoms with Gasteiger partial charge < -0.3 is 25.2 Å². The second-order valence-electron chi connectivity index (χ2n) is 4.18. The zero-order valence-corrected chi connectivity index (χ0v) is 9.58. The Morgan fingerprint density at radius 3 is 2.79 bits per heavy atom. The topological polar surface area (TPSA) is 134 Å². The zero-order chi connectivity index (χ0) is 14.4. The largest absolute Gasteiger partial charge is 0.492 e. The number of nitrogens with zero attached hydrogens (tertiary/aromatic N) is 4. The lowest BCUT2D eigenvalue weighted by atomic mass is 10.1. The van der Waals surface area contributed by atoms with Crippen LogP contribution in [0, 0.1) is 0 Å². The molecule has 102 valence electrons. The van der Waals surface area contributed by atoms with Gasteiger partial charge in [0.15, 0.2) is 17.4 Å². The highest BCUT2D eigenvalue weighted by Crippen LogP contribution is 2.32. The SMILES string of the molecule is [2H]c1nc2c(O)ncnc2n1[C@@H]1O[C@H](CO)[C@@H](O)[C@H]1O. The number of rotatable bonds is 2. The van der Waals surface area contributed by atoms with Crippen LogP contribution in [-0.2, 0) is 4.74 Å². The summed E-state index contributed by atoms with van der Waals surface area (Å²) in [5.41, 5.74) is 0.0904. The summed E-state index contributed by atoms with van der Waals surface area (Å²) in [5.74, 6) is -0.394. The normalized spacial score (nSPS) is 31.8. The standard InChI is InChI=1S/C10H12N4O5/c15-1-4-6(16)7(17)10(19-4)14-3-13-5-8(14)11-2-12-9(5)18/h2-4,6-7,10,15-17H,1H2,(H,11,12,18)/t4-,6-,7-,10-/m1/s1/i3D. The van der Waals surface area contributed by atoms with Crippen LogP contribution in [0.4, 0.5) is 0 Å². The van der Waals surface area contributed by atoms with E-state index in [0.29, 0.717) is 0 Å². The molecule has 4 N–H and O–H groups in total. The van der Waals surface area contributed by atoms with Crippen LogP contribution < -0.4 is 0 Å². The smallest absolute Gasteiger partial charge is 0.242 e. The van der Waals surface area contributed by atoms with E-state index in [-0.39, 0.29) is 17.5 Å². The van der Waals surface area contributed by atoms with E-state index in [1.165, 1.54) is 0 Å². The summed E-state index contributed by atoms with van der Waals surface area (Å²) >= 11 is 0. The van der Waals surface area contributed by atoms with Crippen molar-refractivity contribution in [3.05, 3.63) is 12.6 Å². The van der Waals surface area contributed by atoms with Crippen LogP contribution in [-0.4, -0.2) is 64.9 Å². The van der Waals surface area contributed by atoms with E-state index in [1.807, 2.05) is 0 Å². The Balaban J connectivity index is 2.11. The van der Waals surface area contributed by atoms with Gasteiger partial charge in [0.2, 0.25) is 5.88 Å². The summed E-state index contributed by atoms with van der Waals surface area (Å²) in [6.45, 7) is -0.477. The molecule has 0 aromatic carbocycles. The summed E-state index contributed by atoms with van der Waals surface area (Å²) in [5, 5.41) is 38.3. The molecule has 2 aromatic rings. The molecule has 2 aromatic heterocycles. The van der Waals surface area contributed by atoms with Gasteiger partial charge in [-0.1, -0.05) is 0 Å². The van der Waals surface area contributed by atoms with Crippen molar-refractivity contribution >= 4 is 11.2 Å². The van der Waals surface area contributed by atoms with Gasteiger partial charge in [-0.2, -0.15) is 4.98 Å². The third-order valence-corrected chi connectivity index (χ3v) is 3.05. The Labute approximate surface area is 108 Å². The molecule has 3 rings (SSSR count). The lowest BCUT2D eigenvalue weighted by molar-refractivity contribution is -0.0511. The summed E-state index contributed by atoms with van der Waals surface area (Å²) in [6, 6.07) is 0. The Morgan fingerprint density at radius 2 is 2.11 bits per heavy atom. The zero-order valence-electron chi connectivity index (χ0n) is 10.6. The number of ether oxygens (including phenoxy) is 1. The molecular weight excluding hydrogens is 256 g/mol. The molecule has 9 nitrogen and oxygen atoms in total. The summed E-state index contributed by atoms with van der Waals surface area (Å²) in [7, 11) is 0. The average Bonchev–Trinajstić information content (AvgIpc) is 2.90. The maximum absolute atomic E-state index is 9.96. The first-order valence-electron chi connectivity index (χ1n) is 6.05. The Kier molecular flexibility index (Phi) is 2.55. The Hall–Kier alpha value is -1.81. The molecular formula is C10H12N4O5. The number of aliphatic hydroxyl groups excluding tert-OH is 3. The Morgan fingerprint density at radius 1 is 1.32 bits per heavy atom. The van der Waals surface area contributed by atoms with Gasteiger partial charge in [0.25, 0.3) is 0 Å². The minimum Gasteiger partial charge on any atom is -0.492 e. The molecule has 0 aliphatic carbocycles. The van der Waals surface area contributed by atoms with Crippen LogP contribution in [0.15, 0.2) is 12.6 Å². The van der Waals surface area contributed by atoms with Crippen molar-refractivity contribution in [3.8, 4) is 5.88 Å². The number of aliphatic hydroxyl groups is 3. The number of aromatic nitrogens is 4. The van der Waals surface area contributed by atoms with Crippen LogP contribution in [0.1, 0.15) is 7.60 Å². The second-order valence-corrected chi connectivity index (χ2v) is 4.18. The maximum Gasteiger partial charge on any atom is 0.242 e. The summed E-state index contributed by atoms with van der Waals surface area (Å²) in [4.78, 5) is 11.2. The highest BCUT2D eigenvalue weighted by molar-refractivity contribution is 5.75. The van der Waals surface area contributed by atoms with Gasteiger partial charge >= 0.3 is 0 Å². The molecule has 1 fully saturated rings. The fourth-order valence-corrected chi connectivity index (χ4v) is 2.06. The van der Waals surface area contributed by atoms with E-state index < -0.39 is 37.0 Å². The third kappa shape index (κ3) is 1.75.